The first kappa shape index (κ1) is 19.3. The van der Waals surface area contributed by atoms with E-state index in [9.17, 15) is 14.4 Å². The highest BCUT2D eigenvalue weighted by Gasteiger charge is 2.14. The molecule has 26 heavy (non-hydrogen) atoms. The highest BCUT2D eigenvalue weighted by atomic mass is 35.5. The van der Waals surface area contributed by atoms with Crippen molar-refractivity contribution in [3.8, 4) is 11.5 Å². The molecule has 0 atom stereocenters. The summed E-state index contributed by atoms with van der Waals surface area (Å²) in [5.74, 6) is -0.512. The van der Waals surface area contributed by atoms with E-state index >= 15 is 0 Å². The van der Waals surface area contributed by atoms with E-state index in [4.69, 9.17) is 25.8 Å². The van der Waals surface area contributed by atoms with E-state index < -0.39 is 18.5 Å². The van der Waals surface area contributed by atoms with Crippen molar-refractivity contribution in [3.05, 3.63) is 52.5 Å². The Morgan fingerprint density at radius 2 is 1.73 bits per heavy atom. The smallest absolute Gasteiger partial charge is 0.338 e. The number of aldehydes is 1. The third kappa shape index (κ3) is 4.73. The van der Waals surface area contributed by atoms with Gasteiger partial charge in [-0.3, -0.25) is 9.59 Å². The van der Waals surface area contributed by atoms with E-state index in [0.717, 1.165) is 0 Å². The fourth-order valence-corrected chi connectivity index (χ4v) is 2.30. The number of hydrogen-bond acceptors (Lipinski definition) is 6. The Morgan fingerprint density at radius 1 is 1.08 bits per heavy atom. The van der Waals surface area contributed by atoms with Crippen LogP contribution >= 0.6 is 11.6 Å². The summed E-state index contributed by atoms with van der Waals surface area (Å²) in [4.78, 5) is 34.5. The largest absolute Gasteiger partial charge is 0.495 e. The minimum Gasteiger partial charge on any atom is -0.495 e. The van der Waals surface area contributed by atoms with Crippen LogP contribution in [0.4, 0.5) is 5.69 Å². The van der Waals surface area contributed by atoms with Gasteiger partial charge in [-0.15, -0.1) is 0 Å². The van der Waals surface area contributed by atoms with Crippen LogP contribution in [0, 0.1) is 0 Å². The van der Waals surface area contributed by atoms with Crippen molar-refractivity contribution in [1.29, 1.82) is 0 Å². The average molecular weight is 378 g/mol. The molecule has 0 radical (unpaired) electrons. The van der Waals surface area contributed by atoms with E-state index in [1.165, 1.54) is 50.6 Å². The lowest BCUT2D eigenvalue weighted by atomic mass is 10.1. The Bertz CT molecular complexity index is 819. The van der Waals surface area contributed by atoms with Gasteiger partial charge in [-0.05, 0) is 18.2 Å². The zero-order valence-corrected chi connectivity index (χ0v) is 14.8. The lowest BCUT2D eigenvalue weighted by molar-refractivity contribution is -0.119. The Morgan fingerprint density at radius 3 is 2.31 bits per heavy atom. The van der Waals surface area contributed by atoms with Crippen molar-refractivity contribution >= 4 is 35.5 Å². The molecule has 0 heterocycles. The molecule has 0 aromatic heterocycles. The Balaban J connectivity index is 1.99. The molecule has 0 saturated heterocycles. The van der Waals surface area contributed by atoms with Gasteiger partial charge in [0.1, 0.15) is 17.8 Å². The quantitative estimate of drug-likeness (QED) is 0.589. The summed E-state index contributed by atoms with van der Waals surface area (Å²) in [5.41, 5.74) is 0.978. The molecule has 136 valence electrons. The highest BCUT2D eigenvalue weighted by molar-refractivity contribution is 6.32. The Labute approximate surface area is 154 Å². The van der Waals surface area contributed by atoms with Crippen LogP contribution in [0.25, 0.3) is 0 Å². The van der Waals surface area contributed by atoms with Crippen molar-refractivity contribution in [2.24, 2.45) is 0 Å². The number of carbonyl (C=O) groups excluding carboxylic acids is 3. The van der Waals surface area contributed by atoms with Gasteiger partial charge in [0.05, 0.1) is 30.5 Å². The summed E-state index contributed by atoms with van der Waals surface area (Å²) in [6.07, 6.45) is 0.663. The maximum absolute atomic E-state index is 12.0. The van der Waals surface area contributed by atoms with Gasteiger partial charge in [0.15, 0.2) is 6.61 Å². The number of anilines is 1. The molecule has 0 aliphatic rings. The predicted molar refractivity (Wildman–Crippen MR) is 95.3 cm³/mol. The predicted octanol–water partition coefficient (Wildman–Crippen LogP) is 2.97. The van der Waals surface area contributed by atoms with Crippen molar-refractivity contribution in [2.75, 3.05) is 26.1 Å². The van der Waals surface area contributed by atoms with E-state index in [2.05, 4.69) is 5.32 Å². The zero-order chi connectivity index (χ0) is 19.1. The first-order chi connectivity index (χ1) is 12.5. The normalized spacial score (nSPS) is 9.96. The second-order valence-electron chi connectivity index (χ2n) is 5.05. The van der Waals surface area contributed by atoms with Crippen LogP contribution in [0.15, 0.2) is 36.4 Å². The second-order valence-corrected chi connectivity index (χ2v) is 5.46. The number of rotatable bonds is 7. The standard InChI is InChI=1S/C18H16ClNO6/c1-24-15-8-16(25-2)14(7-13(15)19)20-17(22)10-26-18(23)12-5-3-11(9-21)4-6-12/h3-9H,10H2,1-2H3,(H,20,22). The first-order valence-electron chi connectivity index (χ1n) is 7.42. The molecule has 0 fully saturated rings. The first-order valence-corrected chi connectivity index (χ1v) is 7.80. The molecule has 7 nitrogen and oxygen atoms in total. The molecule has 0 aliphatic carbocycles. The average Bonchev–Trinajstić information content (AvgIpc) is 2.66. The number of carbonyl (C=O) groups is 3. The molecule has 0 saturated carbocycles. The van der Waals surface area contributed by atoms with Gasteiger partial charge in [0.25, 0.3) is 5.91 Å². The van der Waals surface area contributed by atoms with Crippen LogP contribution in [0.2, 0.25) is 5.02 Å². The molecule has 0 spiro atoms. The van der Waals surface area contributed by atoms with Crippen LogP contribution < -0.4 is 14.8 Å². The molecule has 0 bridgehead atoms. The van der Waals surface area contributed by atoms with E-state index in [1.807, 2.05) is 0 Å². The lowest BCUT2D eigenvalue weighted by Gasteiger charge is -2.13. The van der Waals surface area contributed by atoms with Gasteiger partial charge in [-0.25, -0.2) is 4.79 Å². The zero-order valence-electron chi connectivity index (χ0n) is 14.1. The van der Waals surface area contributed by atoms with Crippen molar-refractivity contribution in [1.82, 2.24) is 0 Å². The minimum atomic E-state index is -0.683. The maximum Gasteiger partial charge on any atom is 0.338 e. The molecule has 2 rings (SSSR count). The Kier molecular flexibility index (Phi) is 6.57. The minimum absolute atomic E-state index is 0.230. The van der Waals surface area contributed by atoms with Crippen LogP contribution in [0.1, 0.15) is 20.7 Å². The van der Waals surface area contributed by atoms with Gasteiger partial charge < -0.3 is 19.5 Å². The number of halogens is 1. The molecule has 1 N–H and O–H groups in total. The number of nitrogens with one attached hydrogen (secondary N) is 1. The lowest BCUT2D eigenvalue weighted by Crippen LogP contribution is -2.21. The summed E-state index contributed by atoms with van der Waals surface area (Å²) in [6, 6.07) is 8.84. The van der Waals surface area contributed by atoms with Crippen molar-refractivity contribution < 1.29 is 28.6 Å². The summed E-state index contributed by atoms with van der Waals surface area (Å²) in [5, 5.41) is 2.84. The van der Waals surface area contributed by atoms with Gasteiger partial charge >= 0.3 is 5.97 Å². The number of esters is 1. The van der Waals surface area contributed by atoms with Crippen LogP contribution in [0.5, 0.6) is 11.5 Å². The van der Waals surface area contributed by atoms with Gasteiger partial charge in [0, 0.05) is 11.6 Å². The molecule has 0 aliphatic heterocycles. The fourth-order valence-electron chi connectivity index (χ4n) is 2.06. The molecular weight excluding hydrogens is 362 g/mol. The van der Waals surface area contributed by atoms with E-state index in [-0.39, 0.29) is 10.6 Å². The molecule has 0 unspecified atom stereocenters. The maximum atomic E-state index is 12.0. The molecular formula is C18H16ClNO6. The molecule has 2 aromatic carbocycles. The van der Waals surface area contributed by atoms with E-state index in [0.29, 0.717) is 29.0 Å². The summed E-state index contributed by atoms with van der Waals surface area (Å²) < 4.78 is 15.2. The SMILES string of the molecule is COc1cc(OC)c(NC(=O)COC(=O)c2ccc(C=O)cc2)cc1Cl. The topological polar surface area (TPSA) is 90.9 Å². The van der Waals surface area contributed by atoms with Crippen LogP contribution in [-0.4, -0.2) is 39.0 Å². The Hall–Kier alpha value is -3.06. The summed E-state index contributed by atoms with van der Waals surface area (Å²) in [6.45, 7) is -0.499. The monoisotopic (exact) mass is 377 g/mol. The van der Waals surface area contributed by atoms with Gasteiger partial charge in [-0.1, -0.05) is 23.7 Å². The fraction of sp³-hybridized carbons (Fsp3) is 0.167. The third-order valence-corrected chi connectivity index (χ3v) is 3.66. The summed E-state index contributed by atoms with van der Waals surface area (Å²) >= 11 is 6.03. The second kappa shape index (κ2) is 8.87. The third-order valence-electron chi connectivity index (χ3n) is 3.36. The van der Waals surface area contributed by atoms with E-state index in [1.54, 1.807) is 0 Å². The van der Waals surface area contributed by atoms with Gasteiger partial charge in [-0.2, -0.15) is 0 Å². The number of hydrogen-bond donors (Lipinski definition) is 1. The van der Waals surface area contributed by atoms with Crippen LogP contribution in [-0.2, 0) is 9.53 Å². The van der Waals surface area contributed by atoms with Crippen LogP contribution in [0.3, 0.4) is 0 Å². The highest BCUT2D eigenvalue weighted by Crippen LogP contribution is 2.35. The number of methoxy groups -OCH3 is 2. The molecule has 8 heteroatoms. The van der Waals surface area contributed by atoms with Gasteiger partial charge in [0.2, 0.25) is 0 Å². The number of ether oxygens (including phenoxy) is 3. The van der Waals surface area contributed by atoms with Crippen molar-refractivity contribution in [3.63, 3.8) is 0 Å². The number of benzene rings is 2. The van der Waals surface area contributed by atoms with Crippen molar-refractivity contribution in [2.45, 2.75) is 0 Å². The summed E-state index contributed by atoms with van der Waals surface area (Å²) in [7, 11) is 2.89. The molecule has 1 amide bonds. The number of amides is 1. The molecule has 2 aromatic rings.